The summed E-state index contributed by atoms with van der Waals surface area (Å²) in [4.78, 5) is 11.7. The van der Waals surface area contributed by atoms with Crippen LogP contribution in [0.15, 0.2) is 0 Å². The van der Waals surface area contributed by atoms with Gasteiger partial charge in [0.2, 0.25) is 0 Å². The molecule has 0 saturated carbocycles. The van der Waals surface area contributed by atoms with Crippen LogP contribution in [0.5, 0.6) is 0 Å². The number of ether oxygens (including phenoxy) is 1. The Morgan fingerprint density at radius 1 is 0.433 bits per heavy atom. The number of esters is 1. The van der Waals surface area contributed by atoms with Gasteiger partial charge in [0, 0.05) is 6.42 Å². The minimum absolute atomic E-state index is 0.0181. The van der Waals surface area contributed by atoms with Gasteiger partial charge in [-0.05, 0) is 12.8 Å². The molecule has 0 bridgehead atoms. The van der Waals surface area contributed by atoms with Gasteiger partial charge in [-0.25, -0.2) is 0 Å². The average Bonchev–Trinajstić information content (AvgIpc) is 2.75. The third-order valence-electron chi connectivity index (χ3n) is 6.25. The fourth-order valence-electron chi connectivity index (χ4n) is 4.13. The molecule has 0 amide bonds. The lowest BCUT2D eigenvalue weighted by molar-refractivity contribution is -0.143. The van der Waals surface area contributed by atoms with E-state index in [2.05, 4.69) is 13.8 Å². The third-order valence-corrected chi connectivity index (χ3v) is 6.25. The zero-order valence-electron chi connectivity index (χ0n) is 21.0. The molecule has 0 aromatic carbocycles. The van der Waals surface area contributed by atoms with E-state index in [0.717, 1.165) is 12.8 Å². The number of rotatable bonds is 25. The van der Waals surface area contributed by atoms with Crippen LogP contribution in [0.3, 0.4) is 0 Å². The molecule has 2 heteroatoms. The van der Waals surface area contributed by atoms with Crippen LogP contribution in [0.25, 0.3) is 0 Å². The van der Waals surface area contributed by atoms with Crippen LogP contribution in [-0.4, -0.2) is 12.6 Å². The summed E-state index contributed by atoms with van der Waals surface area (Å²) in [5.74, 6) is 0.0181. The van der Waals surface area contributed by atoms with Crippen LogP contribution in [0, 0.1) is 0 Å². The molecular weight excluding hydrogens is 368 g/mol. The van der Waals surface area contributed by atoms with Crippen LogP contribution in [0.4, 0.5) is 0 Å². The molecule has 0 aromatic rings. The largest absolute Gasteiger partial charge is 0.466 e. The van der Waals surface area contributed by atoms with Gasteiger partial charge in [0.1, 0.15) is 0 Å². The molecule has 0 fully saturated rings. The summed E-state index contributed by atoms with van der Waals surface area (Å²) < 4.78 is 5.37. The van der Waals surface area contributed by atoms with Gasteiger partial charge in [0.15, 0.2) is 0 Å². The fourth-order valence-corrected chi connectivity index (χ4v) is 4.13. The molecule has 0 aliphatic carbocycles. The van der Waals surface area contributed by atoms with Gasteiger partial charge < -0.3 is 4.74 Å². The zero-order chi connectivity index (χ0) is 22.0. The van der Waals surface area contributed by atoms with E-state index in [1.54, 1.807) is 0 Å². The van der Waals surface area contributed by atoms with Crippen molar-refractivity contribution in [1.82, 2.24) is 0 Å². The normalized spacial score (nSPS) is 11.1. The summed E-state index contributed by atoms with van der Waals surface area (Å²) >= 11 is 0. The maximum absolute atomic E-state index is 11.7. The van der Waals surface area contributed by atoms with Crippen LogP contribution in [0.2, 0.25) is 0 Å². The highest BCUT2D eigenvalue weighted by molar-refractivity contribution is 5.69. The summed E-state index contributed by atoms with van der Waals surface area (Å²) in [6.45, 7) is 5.17. The summed E-state index contributed by atoms with van der Waals surface area (Å²) in [6.07, 6.45) is 31.4. The van der Waals surface area contributed by atoms with Gasteiger partial charge in [-0.2, -0.15) is 0 Å². The monoisotopic (exact) mass is 424 g/mol. The third kappa shape index (κ3) is 25.5. The van der Waals surface area contributed by atoms with Gasteiger partial charge in [-0.15, -0.1) is 0 Å². The molecule has 0 saturated heterocycles. The highest BCUT2D eigenvalue weighted by Gasteiger charge is 2.02. The van der Waals surface area contributed by atoms with Crippen molar-refractivity contribution in [3.8, 4) is 0 Å². The lowest BCUT2D eigenvalue weighted by atomic mass is 10.0. The van der Waals surface area contributed by atoms with Crippen molar-refractivity contribution in [1.29, 1.82) is 0 Å². The predicted octanol–water partition coefficient (Wildman–Crippen LogP) is 9.93. The van der Waals surface area contributed by atoms with Crippen molar-refractivity contribution in [3.05, 3.63) is 0 Å². The fraction of sp³-hybridized carbons (Fsp3) is 0.964. The molecule has 0 aromatic heterocycles. The first kappa shape index (κ1) is 29.5. The lowest BCUT2D eigenvalue weighted by Crippen LogP contribution is -2.05. The second-order valence-electron chi connectivity index (χ2n) is 9.40. The van der Waals surface area contributed by atoms with E-state index in [0.29, 0.717) is 13.0 Å². The Kier molecular flexibility index (Phi) is 26.0. The van der Waals surface area contributed by atoms with Gasteiger partial charge >= 0.3 is 5.97 Å². The minimum Gasteiger partial charge on any atom is -0.466 e. The Hall–Kier alpha value is -0.530. The molecule has 0 unspecified atom stereocenters. The Morgan fingerprint density at radius 2 is 0.733 bits per heavy atom. The summed E-state index contributed by atoms with van der Waals surface area (Å²) in [5, 5.41) is 0. The van der Waals surface area contributed by atoms with E-state index in [9.17, 15) is 4.79 Å². The van der Waals surface area contributed by atoms with Crippen LogP contribution in [-0.2, 0) is 9.53 Å². The second kappa shape index (κ2) is 26.5. The first-order valence-electron chi connectivity index (χ1n) is 14.0. The molecular formula is C28H56O2. The standard InChI is InChI=1S/C28H56O2/c1-3-5-7-9-11-12-13-14-15-16-17-18-19-21-23-25-27-30-28(29)26-24-22-20-10-8-6-4-2/h3-27H2,1-2H3. The Bertz CT molecular complexity index is 327. The van der Waals surface area contributed by atoms with E-state index >= 15 is 0 Å². The van der Waals surface area contributed by atoms with Crippen molar-refractivity contribution in [2.45, 2.75) is 168 Å². The first-order valence-corrected chi connectivity index (χ1v) is 14.0. The van der Waals surface area contributed by atoms with Crippen LogP contribution >= 0.6 is 0 Å². The maximum atomic E-state index is 11.7. The molecule has 0 heterocycles. The number of carbonyl (C=O) groups excluding carboxylic acids is 1. The number of hydrogen-bond acceptors (Lipinski definition) is 2. The first-order chi connectivity index (χ1) is 14.8. The van der Waals surface area contributed by atoms with Crippen molar-refractivity contribution in [3.63, 3.8) is 0 Å². The number of carbonyl (C=O) groups is 1. The van der Waals surface area contributed by atoms with Crippen LogP contribution in [0.1, 0.15) is 168 Å². The summed E-state index contributed by atoms with van der Waals surface area (Å²) in [7, 11) is 0. The average molecular weight is 425 g/mol. The molecule has 0 aliphatic heterocycles. The summed E-state index contributed by atoms with van der Waals surface area (Å²) in [5.41, 5.74) is 0. The smallest absolute Gasteiger partial charge is 0.305 e. The number of hydrogen-bond donors (Lipinski definition) is 0. The molecule has 2 nitrogen and oxygen atoms in total. The highest BCUT2D eigenvalue weighted by Crippen LogP contribution is 2.14. The van der Waals surface area contributed by atoms with Crippen molar-refractivity contribution >= 4 is 5.97 Å². The second-order valence-corrected chi connectivity index (χ2v) is 9.40. The number of unbranched alkanes of at least 4 members (excludes halogenated alkanes) is 21. The molecule has 0 atom stereocenters. The van der Waals surface area contributed by atoms with E-state index in [4.69, 9.17) is 4.74 Å². The molecule has 0 rings (SSSR count). The molecule has 0 radical (unpaired) electrons. The molecule has 0 spiro atoms. The van der Waals surface area contributed by atoms with Crippen molar-refractivity contribution in [2.24, 2.45) is 0 Å². The Balaban J connectivity index is 3.11. The van der Waals surface area contributed by atoms with Crippen LogP contribution < -0.4 is 0 Å². The van der Waals surface area contributed by atoms with E-state index in [-0.39, 0.29) is 5.97 Å². The SMILES string of the molecule is CCCCCCCCCCCCCCCCCCOC(=O)CCCCCCCCC. The molecule has 0 N–H and O–H groups in total. The minimum atomic E-state index is 0.0181. The van der Waals surface area contributed by atoms with Crippen molar-refractivity contribution < 1.29 is 9.53 Å². The zero-order valence-corrected chi connectivity index (χ0v) is 21.0. The Morgan fingerprint density at radius 3 is 1.10 bits per heavy atom. The van der Waals surface area contributed by atoms with E-state index in [1.165, 1.54) is 135 Å². The molecule has 180 valence electrons. The predicted molar refractivity (Wildman–Crippen MR) is 133 cm³/mol. The van der Waals surface area contributed by atoms with Crippen molar-refractivity contribution in [2.75, 3.05) is 6.61 Å². The lowest BCUT2D eigenvalue weighted by Gasteiger charge is -2.05. The van der Waals surface area contributed by atoms with Gasteiger partial charge in [0.05, 0.1) is 6.61 Å². The topological polar surface area (TPSA) is 26.3 Å². The Labute approximate surface area is 190 Å². The highest BCUT2D eigenvalue weighted by atomic mass is 16.5. The van der Waals surface area contributed by atoms with E-state index in [1.807, 2.05) is 0 Å². The van der Waals surface area contributed by atoms with Gasteiger partial charge in [0.25, 0.3) is 0 Å². The quantitative estimate of drug-likeness (QED) is 0.108. The maximum Gasteiger partial charge on any atom is 0.305 e. The molecule has 30 heavy (non-hydrogen) atoms. The van der Waals surface area contributed by atoms with Gasteiger partial charge in [-0.3, -0.25) is 4.79 Å². The van der Waals surface area contributed by atoms with Gasteiger partial charge in [-0.1, -0.05) is 149 Å². The van der Waals surface area contributed by atoms with E-state index < -0.39 is 0 Å². The summed E-state index contributed by atoms with van der Waals surface area (Å²) in [6, 6.07) is 0. The molecule has 0 aliphatic rings.